The molecule has 1 aromatic rings. The van der Waals surface area contributed by atoms with Crippen LogP contribution in [0.4, 0.5) is 19.0 Å². The molecule has 112 valence electrons. The van der Waals surface area contributed by atoms with Gasteiger partial charge in [0.25, 0.3) is 0 Å². The number of alkyl halides is 3. The summed E-state index contributed by atoms with van der Waals surface area (Å²) in [7, 11) is 0. The van der Waals surface area contributed by atoms with Crippen LogP contribution in [0.1, 0.15) is 24.8 Å². The largest absolute Gasteiger partial charge is 0.468 e. The predicted octanol–water partition coefficient (Wildman–Crippen LogP) is 2.51. The van der Waals surface area contributed by atoms with Gasteiger partial charge in [0.15, 0.2) is 6.61 Å². The van der Waals surface area contributed by atoms with Crippen molar-refractivity contribution in [2.45, 2.75) is 32.0 Å². The minimum atomic E-state index is -4.39. The lowest BCUT2D eigenvalue weighted by Gasteiger charge is -2.29. The fraction of sp³-hybridized carbons (Fsp3) is 0.615. The van der Waals surface area contributed by atoms with Crippen LogP contribution in [-0.4, -0.2) is 36.0 Å². The third-order valence-electron chi connectivity index (χ3n) is 3.14. The van der Waals surface area contributed by atoms with E-state index >= 15 is 0 Å². The topological polar surface area (TPSA) is 45.6 Å². The van der Waals surface area contributed by atoms with Crippen molar-refractivity contribution in [3.63, 3.8) is 0 Å². The standard InChI is InChI=1S/C13H17F3N2O2/c14-13(15,16)9-20-11-5-4-10(8-19)12(17-11)18-6-2-1-3-7-18/h4-5,19H,1-3,6-9H2. The molecule has 2 heterocycles. The van der Waals surface area contributed by atoms with Crippen molar-refractivity contribution in [1.82, 2.24) is 4.98 Å². The maximum absolute atomic E-state index is 12.1. The zero-order valence-electron chi connectivity index (χ0n) is 11.0. The van der Waals surface area contributed by atoms with Crippen LogP contribution >= 0.6 is 0 Å². The summed E-state index contributed by atoms with van der Waals surface area (Å²) in [5, 5.41) is 9.31. The summed E-state index contributed by atoms with van der Waals surface area (Å²) < 4.78 is 41.1. The fourth-order valence-corrected chi connectivity index (χ4v) is 2.20. The van der Waals surface area contributed by atoms with Gasteiger partial charge >= 0.3 is 6.18 Å². The van der Waals surface area contributed by atoms with Crippen molar-refractivity contribution in [2.24, 2.45) is 0 Å². The molecule has 1 N–H and O–H groups in total. The van der Waals surface area contributed by atoms with Crippen molar-refractivity contribution in [3.05, 3.63) is 17.7 Å². The first kappa shape index (κ1) is 14.9. The Balaban J connectivity index is 2.15. The molecule has 2 rings (SSSR count). The summed E-state index contributed by atoms with van der Waals surface area (Å²) in [6, 6.07) is 2.91. The van der Waals surface area contributed by atoms with E-state index in [-0.39, 0.29) is 12.5 Å². The van der Waals surface area contributed by atoms with Gasteiger partial charge in [0.2, 0.25) is 5.88 Å². The van der Waals surface area contributed by atoms with E-state index in [9.17, 15) is 18.3 Å². The molecular weight excluding hydrogens is 273 g/mol. The number of nitrogens with zero attached hydrogens (tertiary/aromatic N) is 2. The Kier molecular flexibility index (Phi) is 4.69. The molecule has 1 saturated heterocycles. The SMILES string of the molecule is OCc1ccc(OCC(F)(F)F)nc1N1CCCCC1. The lowest BCUT2D eigenvalue weighted by atomic mass is 10.1. The van der Waals surface area contributed by atoms with E-state index in [0.29, 0.717) is 11.4 Å². The molecule has 7 heteroatoms. The van der Waals surface area contributed by atoms with Crippen molar-refractivity contribution in [3.8, 4) is 5.88 Å². The first-order valence-electron chi connectivity index (χ1n) is 6.55. The highest BCUT2D eigenvalue weighted by molar-refractivity contribution is 5.49. The number of aliphatic hydroxyl groups is 1. The smallest absolute Gasteiger partial charge is 0.422 e. The zero-order valence-corrected chi connectivity index (χ0v) is 11.0. The fourth-order valence-electron chi connectivity index (χ4n) is 2.20. The number of hydrogen-bond donors (Lipinski definition) is 1. The molecule has 0 aromatic carbocycles. The van der Waals surface area contributed by atoms with Crippen molar-refractivity contribution < 1.29 is 23.0 Å². The summed E-state index contributed by atoms with van der Waals surface area (Å²) in [6.45, 7) is 0.0295. The van der Waals surface area contributed by atoms with Crippen LogP contribution in [0, 0.1) is 0 Å². The van der Waals surface area contributed by atoms with Gasteiger partial charge in [-0.05, 0) is 25.3 Å². The van der Waals surface area contributed by atoms with Crippen LogP contribution in [-0.2, 0) is 6.61 Å². The van der Waals surface area contributed by atoms with Crippen LogP contribution in [0.3, 0.4) is 0 Å². The molecule has 0 aliphatic carbocycles. The maximum atomic E-state index is 12.1. The summed E-state index contributed by atoms with van der Waals surface area (Å²) in [5.41, 5.74) is 0.603. The second-order valence-corrected chi connectivity index (χ2v) is 4.74. The monoisotopic (exact) mass is 290 g/mol. The molecule has 4 nitrogen and oxygen atoms in total. The van der Waals surface area contributed by atoms with E-state index < -0.39 is 12.8 Å². The third kappa shape index (κ3) is 4.00. The van der Waals surface area contributed by atoms with Crippen LogP contribution < -0.4 is 9.64 Å². The Hall–Kier alpha value is -1.50. The predicted molar refractivity (Wildman–Crippen MR) is 67.8 cm³/mol. The van der Waals surface area contributed by atoms with E-state index in [0.717, 1.165) is 32.4 Å². The van der Waals surface area contributed by atoms with E-state index in [1.165, 1.54) is 6.07 Å². The molecule has 20 heavy (non-hydrogen) atoms. The summed E-state index contributed by atoms with van der Waals surface area (Å²) in [5.74, 6) is 0.451. The van der Waals surface area contributed by atoms with Crippen LogP contribution in [0.25, 0.3) is 0 Å². The van der Waals surface area contributed by atoms with Crippen molar-refractivity contribution in [1.29, 1.82) is 0 Å². The molecule has 1 aliphatic rings. The average Bonchev–Trinajstić information content (AvgIpc) is 2.45. The first-order chi connectivity index (χ1) is 9.49. The van der Waals surface area contributed by atoms with E-state index in [4.69, 9.17) is 0 Å². The molecule has 0 unspecified atom stereocenters. The molecule has 0 radical (unpaired) electrons. The van der Waals surface area contributed by atoms with Gasteiger partial charge in [0.05, 0.1) is 6.61 Å². The molecule has 0 saturated carbocycles. The number of aromatic nitrogens is 1. The van der Waals surface area contributed by atoms with Gasteiger partial charge in [-0.15, -0.1) is 0 Å². The van der Waals surface area contributed by atoms with Crippen LogP contribution in [0.2, 0.25) is 0 Å². The van der Waals surface area contributed by atoms with E-state index in [2.05, 4.69) is 9.72 Å². The lowest BCUT2D eigenvalue weighted by Crippen LogP contribution is -2.31. The zero-order chi connectivity index (χ0) is 14.6. The Morgan fingerprint density at radius 1 is 1.20 bits per heavy atom. The van der Waals surface area contributed by atoms with Crippen LogP contribution in [0.15, 0.2) is 12.1 Å². The minimum absolute atomic E-state index is 0.0694. The molecule has 1 fully saturated rings. The number of aliphatic hydroxyl groups excluding tert-OH is 1. The second-order valence-electron chi connectivity index (χ2n) is 4.74. The second kappa shape index (κ2) is 6.30. The van der Waals surface area contributed by atoms with Gasteiger partial charge < -0.3 is 14.7 Å². The number of anilines is 1. The Morgan fingerprint density at radius 2 is 1.90 bits per heavy atom. The number of pyridine rings is 1. The molecule has 0 amide bonds. The number of rotatable bonds is 4. The van der Waals surface area contributed by atoms with Crippen molar-refractivity contribution >= 4 is 5.82 Å². The van der Waals surface area contributed by atoms with Gasteiger partial charge in [-0.25, -0.2) is 0 Å². The highest BCUT2D eigenvalue weighted by Gasteiger charge is 2.29. The molecular formula is C13H17F3N2O2. The minimum Gasteiger partial charge on any atom is -0.468 e. The maximum Gasteiger partial charge on any atom is 0.422 e. The highest BCUT2D eigenvalue weighted by atomic mass is 19.4. The first-order valence-corrected chi connectivity index (χ1v) is 6.55. The Bertz CT molecular complexity index is 446. The number of halogens is 3. The molecule has 0 bridgehead atoms. The van der Waals surface area contributed by atoms with Crippen molar-refractivity contribution in [2.75, 3.05) is 24.6 Å². The number of piperidine rings is 1. The quantitative estimate of drug-likeness (QED) is 0.925. The average molecular weight is 290 g/mol. The normalized spacial score (nSPS) is 16.3. The molecule has 1 aromatic heterocycles. The Morgan fingerprint density at radius 3 is 2.50 bits per heavy atom. The van der Waals surface area contributed by atoms with Gasteiger partial charge in [0, 0.05) is 24.7 Å². The summed E-state index contributed by atoms with van der Waals surface area (Å²) >= 11 is 0. The molecule has 1 aliphatic heterocycles. The van der Waals surface area contributed by atoms with Gasteiger partial charge in [0.1, 0.15) is 5.82 Å². The molecule has 0 atom stereocenters. The molecule has 0 spiro atoms. The van der Waals surface area contributed by atoms with Gasteiger partial charge in [-0.3, -0.25) is 0 Å². The van der Waals surface area contributed by atoms with E-state index in [1.54, 1.807) is 6.07 Å². The van der Waals surface area contributed by atoms with Crippen LogP contribution in [0.5, 0.6) is 5.88 Å². The summed E-state index contributed by atoms with van der Waals surface area (Å²) in [6.07, 6.45) is -1.22. The van der Waals surface area contributed by atoms with Gasteiger partial charge in [-0.1, -0.05) is 0 Å². The third-order valence-corrected chi connectivity index (χ3v) is 3.14. The summed E-state index contributed by atoms with van der Waals surface area (Å²) in [4.78, 5) is 6.10. The van der Waals surface area contributed by atoms with E-state index in [1.807, 2.05) is 4.90 Å². The highest BCUT2D eigenvalue weighted by Crippen LogP contribution is 2.26. The van der Waals surface area contributed by atoms with Gasteiger partial charge in [-0.2, -0.15) is 18.2 Å². The Labute approximate surface area is 115 Å². The lowest BCUT2D eigenvalue weighted by molar-refractivity contribution is -0.154. The number of ether oxygens (including phenoxy) is 1. The number of hydrogen-bond acceptors (Lipinski definition) is 4.